The first kappa shape index (κ1) is 22.3. The van der Waals surface area contributed by atoms with Crippen molar-refractivity contribution in [1.82, 2.24) is 0 Å². The molecule has 3 rings (SSSR count). The van der Waals surface area contributed by atoms with E-state index >= 15 is 0 Å². The lowest BCUT2D eigenvalue weighted by Gasteiger charge is -2.18. The van der Waals surface area contributed by atoms with Gasteiger partial charge in [-0.2, -0.15) is 8.78 Å². The van der Waals surface area contributed by atoms with Crippen molar-refractivity contribution in [2.75, 3.05) is 29.6 Å². The second-order valence-corrected chi connectivity index (χ2v) is 7.62. The summed E-state index contributed by atoms with van der Waals surface area (Å²) in [5.41, 5.74) is 7.59. The van der Waals surface area contributed by atoms with E-state index in [2.05, 4.69) is 9.73 Å². The molecule has 0 saturated carbocycles. The zero-order chi connectivity index (χ0) is 22.5. The van der Waals surface area contributed by atoms with Gasteiger partial charge in [-0.3, -0.25) is 14.5 Å². The molecule has 7 nitrogen and oxygen atoms in total. The average Bonchev–Trinajstić information content (AvgIpc) is 3.02. The third-order valence-electron chi connectivity index (χ3n) is 4.21. The van der Waals surface area contributed by atoms with Gasteiger partial charge in [-0.05, 0) is 48.0 Å². The first-order valence-electron chi connectivity index (χ1n) is 9.13. The molecule has 0 saturated heterocycles. The molecule has 0 atom stereocenters. The Hall–Kier alpha value is -3.40. The van der Waals surface area contributed by atoms with Gasteiger partial charge in [-0.25, -0.2) is 4.99 Å². The van der Waals surface area contributed by atoms with Crippen molar-refractivity contribution in [3.63, 3.8) is 0 Å². The number of rotatable bonds is 7. The van der Waals surface area contributed by atoms with Crippen LogP contribution in [0.25, 0.3) is 6.08 Å². The van der Waals surface area contributed by atoms with Crippen molar-refractivity contribution < 1.29 is 23.1 Å². The Kier molecular flexibility index (Phi) is 6.91. The first-order valence-corrected chi connectivity index (χ1v) is 10.1. The lowest BCUT2D eigenvalue weighted by molar-refractivity contribution is -0.115. The highest BCUT2D eigenvalue weighted by molar-refractivity contribution is 8.14. The molecule has 31 heavy (non-hydrogen) atoms. The number of anilines is 2. The number of carbonyl (C=O) groups is 2. The number of carbonyl (C=O) groups excluding carboxylic acids is 2. The van der Waals surface area contributed by atoms with Crippen LogP contribution in [0.1, 0.15) is 5.56 Å². The number of hydrogen-bond acceptors (Lipinski definition) is 6. The van der Waals surface area contributed by atoms with Crippen LogP contribution in [0, 0.1) is 0 Å². The predicted octanol–water partition coefficient (Wildman–Crippen LogP) is 3.32. The van der Waals surface area contributed by atoms with E-state index in [-0.39, 0.29) is 22.4 Å². The van der Waals surface area contributed by atoms with E-state index in [1.165, 1.54) is 29.2 Å². The quantitative estimate of drug-likeness (QED) is 0.660. The van der Waals surface area contributed by atoms with E-state index in [1.807, 2.05) is 43.3 Å². The highest BCUT2D eigenvalue weighted by atomic mass is 32.2. The smallest absolute Gasteiger partial charge is 0.387 e. The molecule has 1 aliphatic heterocycles. The number of nitrogens with zero attached hydrogens (tertiary/aromatic N) is 3. The molecular formula is C21H20F2N4O3S. The molecule has 10 heteroatoms. The Labute approximate surface area is 182 Å². The lowest BCUT2D eigenvalue weighted by Crippen LogP contribution is -2.31. The molecule has 2 N–H and O–H groups in total. The number of nitrogens with two attached hydrogens (primary N) is 1. The summed E-state index contributed by atoms with van der Waals surface area (Å²) in [6, 6.07) is 13.1. The summed E-state index contributed by atoms with van der Waals surface area (Å²) in [7, 11) is 3.85. The molecule has 0 unspecified atom stereocenters. The van der Waals surface area contributed by atoms with Crippen molar-refractivity contribution >= 4 is 46.2 Å². The van der Waals surface area contributed by atoms with E-state index in [0.29, 0.717) is 5.69 Å². The van der Waals surface area contributed by atoms with Crippen LogP contribution in [0.5, 0.6) is 5.75 Å². The van der Waals surface area contributed by atoms with Crippen LogP contribution in [0.4, 0.5) is 20.2 Å². The maximum absolute atomic E-state index is 13.1. The number of benzene rings is 2. The van der Waals surface area contributed by atoms with E-state index in [4.69, 9.17) is 5.73 Å². The zero-order valence-electron chi connectivity index (χ0n) is 16.8. The number of primary amides is 1. The van der Waals surface area contributed by atoms with Crippen molar-refractivity contribution in [3.05, 3.63) is 59.8 Å². The van der Waals surface area contributed by atoms with E-state index in [9.17, 15) is 18.4 Å². The normalized spacial score (nSPS) is 14.9. The van der Waals surface area contributed by atoms with E-state index < -0.39 is 18.4 Å². The van der Waals surface area contributed by atoms with Crippen LogP contribution in [-0.2, 0) is 9.59 Å². The minimum absolute atomic E-state index is 0.0366. The van der Waals surface area contributed by atoms with E-state index in [1.54, 1.807) is 6.08 Å². The zero-order valence-corrected chi connectivity index (χ0v) is 17.6. The number of aliphatic imine (C=N–C) groups is 1. The third kappa shape index (κ3) is 5.60. The number of hydrogen-bond donors (Lipinski definition) is 1. The predicted molar refractivity (Wildman–Crippen MR) is 118 cm³/mol. The molecule has 0 bridgehead atoms. The summed E-state index contributed by atoms with van der Waals surface area (Å²) < 4.78 is 29.1. The SMILES string of the molecule is CN(C)c1ccc(/C=C2\N=C(SCC(N)=O)N(c3ccc(OC(F)F)cc3)C2=O)cc1. The Balaban J connectivity index is 1.90. The second-order valence-electron chi connectivity index (χ2n) is 6.68. The molecule has 1 heterocycles. The van der Waals surface area contributed by atoms with Crippen molar-refractivity contribution in [3.8, 4) is 5.75 Å². The van der Waals surface area contributed by atoms with Crippen LogP contribution in [0.2, 0.25) is 0 Å². The number of ether oxygens (including phenoxy) is 1. The largest absolute Gasteiger partial charge is 0.435 e. The van der Waals surface area contributed by atoms with Gasteiger partial charge < -0.3 is 15.4 Å². The standard InChI is InChI=1S/C21H20F2N4O3S/c1-26(2)14-5-3-13(4-6-14)11-17-19(29)27(21(25-17)31-12-18(24)28)15-7-9-16(10-8-15)30-20(22)23/h3-11,20H,12H2,1-2H3,(H2,24,28)/b17-11-. The Morgan fingerprint density at radius 1 is 1.19 bits per heavy atom. The average molecular weight is 446 g/mol. The van der Waals surface area contributed by atoms with Gasteiger partial charge in [-0.1, -0.05) is 23.9 Å². The maximum atomic E-state index is 13.1. The van der Waals surface area contributed by atoms with Gasteiger partial charge in [0.25, 0.3) is 5.91 Å². The molecule has 0 aromatic heterocycles. The van der Waals surface area contributed by atoms with Gasteiger partial charge in [0, 0.05) is 19.8 Å². The van der Waals surface area contributed by atoms with Crippen LogP contribution in [0.3, 0.4) is 0 Å². The topological polar surface area (TPSA) is 88.2 Å². The van der Waals surface area contributed by atoms with E-state index in [0.717, 1.165) is 23.0 Å². The van der Waals surface area contributed by atoms with Gasteiger partial charge in [0.05, 0.1) is 11.4 Å². The molecule has 162 valence electrons. The van der Waals surface area contributed by atoms with Gasteiger partial charge >= 0.3 is 6.61 Å². The Morgan fingerprint density at radius 2 is 1.84 bits per heavy atom. The molecule has 1 aliphatic rings. The highest BCUT2D eigenvalue weighted by Crippen LogP contribution is 2.31. The van der Waals surface area contributed by atoms with Crippen molar-refractivity contribution in [2.24, 2.45) is 10.7 Å². The summed E-state index contributed by atoms with van der Waals surface area (Å²) in [5.74, 6) is -1.07. The van der Waals surface area contributed by atoms with Crippen LogP contribution in [0.15, 0.2) is 59.2 Å². The summed E-state index contributed by atoms with van der Waals surface area (Å²) >= 11 is 1.02. The van der Waals surface area contributed by atoms with Gasteiger partial charge in [0.15, 0.2) is 5.17 Å². The first-order chi connectivity index (χ1) is 14.7. The number of thioether (sulfide) groups is 1. The fraction of sp³-hybridized carbons (Fsp3) is 0.190. The molecule has 0 spiro atoms. The lowest BCUT2D eigenvalue weighted by atomic mass is 10.1. The number of alkyl halides is 2. The van der Waals surface area contributed by atoms with Crippen molar-refractivity contribution in [2.45, 2.75) is 6.61 Å². The molecule has 0 radical (unpaired) electrons. The summed E-state index contributed by atoms with van der Waals surface area (Å²) in [6.45, 7) is -2.95. The molecule has 0 fully saturated rings. The van der Waals surface area contributed by atoms with Gasteiger partial charge in [0.2, 0.25) is 5.91 Å². The fourth-order valence-corrected chi connectivity index (χ4v) is 3.51. The molecule has 0 aliphatic carbocycles. The minimum atomic E-state index is -2.95. The fourth-order valence-electron chi connectivity index (χ4n) is 2.76. The Bertz CT molecular complexity index is 1020. The Morgan fingerprint density at radius 3 is 2.39 bits per heavy atom. The van der Waals surface area contributed by atoms with Crippen molar-refractivity contribution in [1.29, 1.82) is 0 Å². The maximum Gasteiger partial charge on any atom is 0.387 e. The molecule has 2 aromatic carbocycles. The van der Waals surface area contributed by atoms with Gasteiger partial charge in [0.1, 0.15) is 11.4 Å². The van der Waals surface area contributed by atoms with Crippen LogP contribution >= 0.6 is 11.8 Å². The summed E-state index contributed by atoms with van der Waals surface area (Å²) in [4.78, 5) is 31.9. The summed E-state index contributed by atoms with van der Waals surface area (Å²) in [5, 5.41) is 0.266. The number of amidine groups is 1. The second kappa shape index (κ2) is 9.61. The summed E-state index contributed by atoms with van der Waals surface area (Å²) in [6.07, 6.45) is 1.64. The van der Waals surface area contributed by atoms with Crippen LogP contribution < -0.4 is 20.3 Å². The minimum Gasteiger partial charge on any atom is -0.435 e. The highest BCUT2D eigenvalue weighted by Gasteiger charge is 2.32. The molecular weight excluding hydrogens is 426 g/mol. The monoisotopic (exact) mass is 446 g/mol. The molecule has 2 amide bonds. The third-order valence-corrected chi connectivity index (χ3v) is 5.17. The van der Waals surface area contributed by atoms with Crippen LogP contribution in [-0.4, -0.2) is 43.4 Å². The number of amides is 2. The molecule has 2 aromatic rings. The number of halogens is 2. The van der Waals surface area contributed by atoms with Gasteiger partial charge in [-0.15, -0.1) is 0 Å².